The molecule has 140 valence electrons. The van der Waals surface area contributed by atoms with Gasteiger partial charge in [0.1, 0.15) is 11.5 Å². The minimum Gasteiger partial charge on any atom is -0.457 e. The van der Waals surface area contributed by atoms with E-state index >= 15 is 0 Å². The van der Waals surface area contributed by atoms with Crippen molar-refractivity contribution in [1.29, 1.82) is 0 Å². The van der Waals surface area contributed by atoms with Gasteiger partial charge in [-0.25, -0.2) is 0 Å². The molecule has 0 fully saturated rings. The lowest BCUT2D eigenvalue weighted by Gasteiger charge is -2.10. The second-order valence-corrected chi connectivity index (χ2v) is 6.54. The van der Waals surface area contributed by atoms with Gasteiger partial charge in [-0.2, -0.15) is 0 Å². The number of anilines is 1. The van der Waals surface area contributed by atoms with Crippen LogP contribution in [0.5, 0.6) is 11.5 Å². The van der Waals surface area contributed by atoms with Crippen LogP contribution < -0.4 is 15.4 Å². The molecule has 0 saturated carbocycles. The molecule has 5 heteroatoms. The number of rotatable bonds is 5. The summed E-state index contributed by atoms with van der Waals surface area (Å²) < 4.78 is 5.74. The highest BCUT2D eigenvalue weighted by Gasteiger charge is 2.03. The van der Waals surface area contributed by atoms with Crippen LogP contribution in [0.3, 0.4) is 0 Å². The number of hydrogen-bond acceptors (Lipinski definition) is 3. The van der Waals surface area contributed by atoms with Crippen LogP contribution in [-0.2, 0) is 4.79 Å². The van der Waals surface area contributed by atoms with Crippen molar-refractivity contribution in [2.24, 2.45) is 0 Å². The Bertz CT molecular complexity index is 966. The molecule has 3 aromatic carbocycles. The summed E-state index contributed by atoms with van der Waals surface area (Å²) in [6.07, 6.45) is 3.20. The number of nitrogens with one attached hydrogen (secondary N) is 2. The number of carbonyl (C=O) groups excluding carboxylic acids is 1. The first-order chi connectivity index (χ1) is 13.6. The lowest BCUT2D eigenvalue weighted by Crippen LogP contribution is -2.32. The number of ether oxygens (including phenoxy) is 1. The van der Waals surface area contributed by atoms with Crippen molar-refractivity contribution in [3.8, 4) is 11.5 Å². The zero-order valence-electron chi connectivity index (χ0n) is 15.4. The molecule has 3 aromatic rings. The third-order valence-electron chi connectivity index (χ3n) is 3.83. The van der Waals surface area contributed by atoms with Gasteiger partial charge in [0, 0.05) is 11.8 Å². The van der Waals surface area contributed by atoms with Crippen LogP contribution in [0.15, 0.2) is 84.9 Å². The van der Waals surface area contributed by atoms with Crippen molar-refractivity contribution >= 4 is 35.0 Å². The molecule has 0 bridgehead atoms. The third-order valence-corrected chi connectivity index (χ3v) is 4.04. The van der Waals surface area contributed by atoms with Crippen LogP contribution in [0, 0.1) is 6.92 Å². The number of amides is 1. The van der Waals surface area contributed by atoms with Crippen molar-refractivity contribution in [2.45, 2.75) is 6.92 Å². The zero-order valence-corrected chi connectivity index (χ0v) is 16.2. The van der Waals surface area contributed by atoms with Crippen LogP contribution in [0.4, 0.5) is 5.69 Å². The quantitative estimate of drug-likeness (QED) is 0.459. The van der Waals surface area contributed by atoms with Gasteiger partial charge in [-0.1, -0.05) is 48.0 Å². The Labute approximate surface area is 169 Å². The molecular weight excluding hydrogens is 368 g/mol. The Morgan fingerprint density at radius 3 is 2.21 bits per heavy atom. The molecule has 0 aromatic heterocycles. The molecule has 0 unspecified atom stereocenters. The average molecular weight is 388 g/mol. The molecule has 1 amide bonds. The average Bonchev–Trinajstić information content (AvgIpc) is 2.70. The number of aryl methyl sites for hydroxylation is 1. The SMILES string of the molecule is Cc1ccc(/C=C/C(=O)NC(=S)Nc2ccc(Oc3ccccc3)cc2)cc1. The van der Waals surface area contributed by atoms with Crippen molar-refractivity contribution in [3.63, 3.8) is 0 Å². The van der Waals surface area contributed by atoms with Gasteiger partial charge in [-0.3, -0.25) is 10.1 Å². The smallest absolute Gasteiger partial charge is 0.250 e. The summed E-state index contributed by atoms with van der Waals surface area (Å²) in [5.41, 5.74) is 2.88. The zero-order chi connectivity index (χ0) is 19.8. The summed E-state index contributed by atoms with van der Waals surface area (Å²) >= 11 is 5.19. The van der Waals surface area contributed by atoms with E-state index in [9.17, 15) is 4.79 Å². The van der Waals surface area contributed by atoms with E-state index in [0.29, 0.717) is 5.75 Å². The summed E-state index contributed by atoms with van der Waals surface area (Å²) in [6.45, 7) is 2.02. The fraction of sp³-hybridized carbons (Fsp3) is 0.0435. The summed E-state index contributed by atoms with van der Waals surface area (Å²) in [6, 6.07) is 24.8. The van der Waals surface area contributed by atoms with Crippen LogP contribution in [0.25, 0.3) is 6.08 Å². The van der Waals surface area contributed by atoms with Crippen LogP contribution in [0.1, 0.15) is 11.1 Å². The van der Waals surface area contributed by atoms with Crippen molar-refractivity contribution < 1.29 is 9.53 Å². The lowest BCUT2D eigenvalue weighted by atomic mass is 10.1. The predicted molar refractivity (Wildman–Crippen MR) is 118 cm³/mol. The van der Waals surface area contributed by atoms with E-state index < -0.39 is 0 Å². The van der Waals surface area contributed by atoms with E-state index in [4.69, 9.17) is 17.0 Å². The van der Waals surface area contributed by atoms with Crippen molar-refractivity contribution in [3.05, 3.63) is 96.1 Å². The standard InChI is InChI=1S/C23H20N2O2S/c1-17-7-9-18(10-8-17)11-16-22(26)25-23(28)24-19-12-14-21(15-13-19)27-20-5-3-2-4-6-20/h2-16H,1H3,(H2,24,25,26,28)/b16-11+. The maximum absolute atomic E-state index is 12.0. The summed E-state index contributed by atoms with van der Waals surface area (Å²) in [5, 5.41) is 5.84. The molecule has 0 aliphatic heterocycles. The molecule has 0 aliphatic rings. The van der Waals surface area contributed by atoms with Crippen LogP contribution in [0.2, 0.25) is 0 Å². The molecule has 0 radical (unpaired) electrons. The van der Waals surface area contributed by atoms with E-state index in [0.717, 1.165) is 17.0 Å². The van der Waals surface area contributed by atoms with Gasteiger partial charge >= 0.3 is 0 Å². The van der Waals surface area contributed by atoms with E-state index in [1.54, 1.807) is 6.08 Å². The first kappa shape index (κ1) is 19.3. The van der Waals surface area contributed by atoms with Crippen molar-refractivity contribution in [1.82, 2.24) is 5.32 Å². The second-order valence-electron chi connectivity index (χ2n) is 6.13. The van der Waals surface area contributed by atoms with E-state index in [-0.39, 0.29) is 11.0 Å². The minimum absolute atomic E-state index is 0.232. The Kier molecular flexibility index (Phi) is 6.54. The Hall–Kier alpha value is -3.44. The predicted octanol–water partition coefficient (Wildman–Crippen LogP) is 5.31. The molecule has 3 rings (SSSR count). The topological polar surface area (TPSA) is 50.4 Å². The molecule has 0 heterocycles. The first-order valence-electron chi connectivity index (χ1n) is 8.78. The number of hydrogen-bond donors (Lipinski definition) is 2. The molecule has 0 aliphatic carbocycles. The third kappa shape index (κ3) is 6.07. The largest absolute Gasteiger partial charge is 0.457 e. The van der Waals surface area contributed by atoms with E-state index in [2.05, 4.69) is 10.6 Å². The number of thiocarbonyl (C=S) groups is 1. The maximum atomic E-state index is 12.0. The second kappa shape index (κ2) is 9.48. The highest BCUT2D eigenvalue weighted by atomic mass is 32.1. The van der Waals surface area contributed by atoms with Gasteiger partial charge in [0.15, 0.2) is 5.11 Å². The molecule has 2 N–H and O–H groups in total. The summed E-state index contributed by atoms with van der Waals surface area (Å²) in [5.74, 6) is 1.20. The Morgan fingerprint density at radius 2 is 1.54 bits per heavy atom. The number of para-hydroxylation sites is 1. The minimum atomic E-state index is -0.290. The first-order valence-corrected chi connectivity index (χ1v) is 9.19. The lowest BCUT2D eigenvalue weighted by molar-refractivity contribution is -0.115. The normalized spacial score (nSPS) is 10.5. The molecular formula is C23H20N2O2S. The highest BCUT2D eigenvalue weighted by Crippen LogP contribution is 2.22. The highest BCUT2D eigenvalue weighted by molar-refractivity contribution is 7.80. The fourth-order valence-corrected chi connectivity index (χ4v) is 2.61. The van der Waals surface area contributed by atoms with Gasteiger partial charge in [-0.05, 0) is 67.2 Å². The van der Waals surface area contributed by atoms with Gasteiger partial charge in [0.2, 0.25) is 5.91 Å². The molecule has 4 nitrogen and oxygen atoms in total. The van der Waals surface area contributed by atoms with Crippen molar-refractivity contribution in [2.75, 3.05) is 5.32 Å². The number of benzene rings is 3. The summed E-state index contributed by atoms with van der Waals surface area (Å²) in [4.78, 5) is 12.0. The van der Waals surface area contributed by atoms with Gasteiger partial charge in [0.25, 0.3) is 0 Å². The molecule has 28 heavy (non-hydrogen) atoms. The van der Waals surface area contributed by atoms with Crippen LogP contribution >= 0.6 is 12.2 Å². The Morgan fingerprint density at radius 1 is 0.893 bits per heavy atom. The van der Waals surface area contributed by atoms with Gasteiger partial charge in [0.05, 0.1) is 0 Å². The van der Waals surface area contributed by atoms with E-state index in [1.165, 1.54) is 11.6 Å². The van der Waals surface area contributed by atoms with Crippen LogP contribution in [-0.4, -0.2) is 11.0 Å². The maximum Gasteiger partial charge on any atom is 0.250 e. The molecule has 0 saturated heterocycles. The molecule has 0 spiro atoms. The van der Waals surface area contributed by atoms with E-state index in [1.807, 2.05) is 85.8 Å². The Balaban J connectivity index is 1.50. The summed E-state index contributed by atoms with van der Waals surface area (Å²) in [7, 11) is 0. The monoisotopic (exact) mass is 388 g/mol. The van der Waals surface area contributed by atoms with Gasteiger partial charge < -0.3 is 10.1 Å². The van der Waals surface area contributed by atoms with Gasteiger partial charge in [-0.15, -0.1) is 0 Å². The molecule has 0 atom stereocenters. The fourth-order valence-electron chi connectivity index (χ4n) is 2.40. The number of carbonyl (C=O) groups is 1.